The number of anilines is 1. The first-order chi connectivity index (χ1) is 17.0. The first-order valence-electron chi connectivity index (χ1n) is 10.7. The largest absolute Gasteiger partial charge is 0.497 e. The zero-order chi connectivity index (χ0) is 24.1. The maximum Gasteiger partial charge on any atom is 0.279 e. The van der Waals surface area contributed by atoms with Crippen LogP contribution in [0.25, 0.3) is 5.57 Å². The van der Waals surface area contributed by atoms with Gasteiger partial charge in [0.05, 0.1) is 34.7 Å². The highest BCUT2D eigenvalue weighted by Gasteiger charge is 2.34. The Kier molecular flexibility index (Phi) is 5.51. The lowest BCUT2D eigenvalue weighted by atomic mass is 10.0. The number of thiophene rings is 1. The minimum atomic E-state index is -0.395. The van der Waals surface area contributed by atoms with E-state index in [1.807, 2.05) is 65.0 Å². The second kappa shape index (κ2) is 8.71. The Bertz CT molecular complexity index is 1610. The van der Waals surface area contributed by atoms with Gasteiger partial charge in [0, 0.05) is 16.1 Å². The molecule has 0 saturated heterocycles. The molecule has 2 aliphatic heterocycles. The van der Waals surface area contributed by atoms with Crippen molar-refractivity contribution in [1.82, 2.24) is 4.98 Å². The molecule has 174 valence electrons. The number of nitrogens with zero attached hydrogens (tertiary/aromatic N) is 4. The number of hydrogen-bond donors (Lipinski definition) is 1. The molecule has 0 fully saturated rings. The summed E-state index contributed by atoms with van der Waals surface area (Å²) >= 11 is 6.32. The number of para-hydroxylation sites is 1. The number of thiazole rings is 1. The third-order valence-corrected chi connectivity index (χ3v) is 8.53. The predicted molar refractivity (Wildman–Crippen MR) is 140 cm³/mol. The van der Waals surface area contributed by atoms with Crippen molar-refractivity contribution >= 4 is 60.9 Å². The number of aromatic hydroxyl groups is 1. The van der Waals surface area contributed by atoms with Crippen molar-refractivity contribution in [3.63, 3.8) is 0 Å². The van der Waals surface area contributed by atoms with Crippen LogP contribution in [0.3, 0.4) is 0 Å². The van der Waals surface area contributed by atoms with E-state index in [0.717, 1.165) is 26.4 Å². The quantitative estimate of drug-likeness (QED) is 0.388. The van der Waals surface area contributed by atoms with Gasteiger partial charge in [0.1, 0.15) is 10.6 Å². The number of halogens is 1. The molecule has 0 bridgehead atoms. The minimum absolute atomic E-state index is 0.119. The molecule has 2 aromatic carbocycles. The number of aromatic nitrogens is 1. The van der Waals surface area contributed by atoms with Gasteiger partial charge in [-0.25, -0.2) is 10.0 Å². The van der Waals surface area contributed by atoms with Crippen LogP contribution in [0, 0.1) is 0 Å². The lowest BCUT2D eigenvalue weighted by Gasteiger charge is -2.21. The summed E-state index contributed by atoms with van der Waals surface area (Å²) in [6.45, 7) is 0. The Hall–Kier alpha value is -3.34. The second-order valence-electron chi connectivity index (χ2n) is 7.94. The number of benzene rings is 2. The summed E-state index contributed by atoms with van der Waals surface area (Å²) in [4.78, 5) is 22.9. The summed E-state index contributed by atoms with van der Waals surface area (Å²) in [5.74, 6) is 0.175. The van der Waals surface area contributed by atoms with Gasteiger partial charge in [0.25, 0.3) is 5.91 Å². The van der Waals surface area contributed by atoms with Crippen molar-refractivity contribution in [2.45, 2.75) is 12.5 Å². The monoisotopic (exact) mass is 564 g/mol. The molecule has 10 heteroatoms. The summed E-state index contributed by atoms with van der Waals surface area (Å²) in [7, 11) is 1.64. The third kappa shape index (κ3) is 3.78. The van der Waals surface area contributed by atoms with E-state index in [0.29, 0.717) is 32.6 Å². The molecule has 4 heterocycles. The van der Waals surface area contributed by atoms with Gasteiger partial charge < -0.3 is 9.84 Å². The molecule has 0 radical (unpaired) electrons. The molecule has 0 spiro atoms. The van der Waals surface area contributed by atoms with Crippen LogP contribution in [0.15, 0.2) is 74.5 Å². The Balaban J connectivity index is 1.46. The third-order valence-electron chi connectivity index (χ3n) is 5.92. The Morgan fingerprint density at radius 1 is 1.14 bits per heavy atom. The number of hydrogen-bond acceptors (Lipinski definition) is 8. The lowest BCUT2D eigenvalue weighted by Crippen LogP contribution is -2.24. The summed E-state index contributed by atoms with van der Waals surface area (Å²) in [6, 6.07) is 17.3. The summed E-state index contributed by atoms with van der Waals surface area (Å²) in [6.07, 6.45) is 0.684. The van der Waals surface area contributed by atoms with E-state index < -0.39 is 5.91 Å². The van der Waals surface area contributed by atoms with Gasteiger partial charge in [-0.15, -0.1) is 11.3 Å². The van der Waals surface area contributed by atoms with Crippen LogP contribution >= 0.6 is 38.6 Å². The van der Waals surface area contributed by atoms with E-state index in [1.54, 1.807) is 18.4 Å². The average molecular weight is 565 g/mol. The molecule has 1 unspecified atom stereocenters. The lowest BCUT2D eigenvalue weighted by molar-refractivity contribution is -0.112. The van der Waals surface area contributed by atoms with Gasteiger partial charge in [0.2, 0.25) is 11.0 Å². The van der Waals surface area contributed by atoms with Gasteiger partial charge in [0.15, 0.2) is 0 Å². The molecule has 4 aromatic rings. The van der Waals surface area contributed by atoms with E-state index in [9.17, 15) is 9.90 Å². The summed E-state index contributed by atoms with van der Waals surface area (Å²) < 4.78 is 6.04. The molecule has 6 rings (SSSR count). The number of fused-ring (bicyclic) bond motifs is 1. The number of methoxy groups -OCH3 is 1. The minimum Gasteiger partial charge on any atom is -0.497 e. The van der Waals surface area contributed by atoms with E-state index >= 15 is 0 Å². The fourth-order valence-electron chi connectivity index (χ4n) is 4.25. The van der Waals surface area contributed by atoms with E-state index in [4.69, 9.17) is 9.84 Å². The molecule has 35 heavy (non-hydrogen) atoms. The molecule has 1 amide bonds. The van der Waals surface area contributed by atoms with Gasteiger partial charge >= 0.3 is 0 Å². The predicted octanol–water partition coefficient (Wildman–Crippen LogP) is 4.40. The van der Waals surface area contributed by atoms with Crippen molar-refractivity contribution in [3.8, 4) is 11.6 Å². The highest BCUT2D eigenvalue weighted by atomic mass is 79.9. The number of hydrazone groups is 1. The van der Waals surface area contributed by atoms with Crippen molar-refractivity contribution in [2.24, 2.45) is 10.1 Å². The standard InChI is InChI=1S/C25H17BrN4O3S2/c1-33-14-9-7-13(8-10-14)18-12-17(19-6-3-11-34-19)29-30(18)25-28-24(32)22(35-25)20-15-4-2-5-16(26)21(15)27-23(20)31/h2-11,18,32H,12H2,1H3. The molecule has 1 N–H and O–H groups in total. The Morgan fingerprint density at radius 2 is 1.97 bits per heavy atom. The number of carbonyl (C=O) groups excluding carboxylic acids is 1. The van der Waals surface area contributed by atoms with Crippen molar-refractivity contribution < 1.29 is 14.6 Å². The van der Waals surface area contributed by atoms with E-state index in [1.165, 1.54) is 11.3 Å². The number of carbonyl (C=O) groups is 1. The molecular weight excluding hydrogens is 548 g/mol. The molecule has 2 aromatic heterocycles. The highest BCUT2D eigenvalue weighted by Crippen LogP contribution is 2.43. The maximum atomic E-state index is 12.8. The van der Waals surface area contributed by atoms with Gasteiger partial charge in [-0.2, -0.15) is 10.1 Å². The zero-order valence-corrected chi connectivity index (χ0v) is 21.5. The first kappa shape index (κ1) is 22.1. The van der Waals surface area contributed by atoms with Crippen LogP contribution in [0.5, 0.6) is 11.6 Å². The van der Waals surface area contributed by atoms with Crippen LogP contribution in [-0.2, 0) is 4.79 Å². The fraction of sp³-hybridized carbons (Fsp3) is 0.120. The second-order valence-corrected chi connectivity index (χ2v) is 10.7. The normalized spacial score (nSPS) is 16.9. The van der Waals surface area contributed by atoms with Crippen LogP contribution in [0.1, 0.15) is 27.8 Å². The Morgan fingerprint density at radius 3 is 2.71 bits per heavy atom. The van der Waals surface area contributed by atoms with Crippen LogP contribution in [-0.4, -0.2) is 28.8 Å². The van der Waals surface area contributed by atoms with Crippen molar-refractivity contribution in [1.29, 1.82) is 0 Å². The van der Waals surface area contributed by atoms with Crippen LogP contribution in [0.4, 0.5) is 5.13 Å². The molecule has 7 nitrogen and oxygen atoms in total. The van der Waals surface area contributed by atoms with Crippen LogP contribution < -0.4 is 20.3 Å². The topological polar surface area (TPSA) is 87.4 Å². The van der Waals surface area contributed by atoms with Crippen molar-refractivity contribution in [3.05, 3.63) is 90.3 Å². The molecule has 2 aliphatic rings. The smallest absolute Gasteiger partial charge is 0.279 e. The van der Waals surface area contributed by atoms with E-state index in [-0.39, 0.29) is 11.9 Å². The zero-order valence-electron chi connectivity index (χ0n) is 18.3. The number of rotatable bonds is 5. The van der Waals surface area contributed by atoms with Gasteiger partial charge in [-0.3, -0.25) is 4.79 Å². The number of ether oxygens (including phenoxy) is 1. The van der Waals surface area contributed by atoms with Gasteiger partial charge in [-0.05, 0) is 51.1 Å². The average Bonchev–Trinajstić information content (AvgIpc) is 3.65. The van der Waals surface area contributed by atoms with Gasteiger partial charge in [-0.1, -0.05) is 41.7 Å². The summed E-state index contributed by atoms with van der Waals surface area (Å²) in [5.41, 5.74) is 2.35. The molecule has 1 atom stereocenters. The number of amides is 1. The molecule has 0 aliphatic carbocycles. The van der Waals surface area contributed by atoms with Crippen molar-refractivity contribution in [2.75, 3.05) is 12.1 Å². The fourth-order valence-corrected chi connectivity index (χ4v) is 6.44. The van der Waals surface area contributed by atoms with E-state index in [2.05, 4.69) is 25.9 Å². The maximum absolute atomic E-state index is 12.8. The SMILES string of the molecule is COc1ccc(C2CC(c3cccs3)=NN2c2nc(O)c(C3=c4cccc(Br)c4=NC3=O)s2)cc1. The Labute approximate surface area is 216 Å². The summed E-state index contributed by atoms with van der Waals surface area (Å²) in [5, 5.41) is 21.3. The van der Waals surface area contributed by atoms with Crippen LogP contribution in [0.2, 0.25) is 0 Å². The molecule has 0 saturated carbocycles. The first-order valence-corrected chi connectivity index (χ1v) is 13.2. The highest BCUT2D eigenvalue weighted by molar-refractivity contribution is 9.10. The molecular formula is C25H17BrN4O3S2.